The third-order valence-corrected chi connectivity index (χ3v) is 8.33. The number of aliphatic hydroxyl groups is 3. The molecule has 0 radical (unpaired) electrons. The second kappa shape index (κ2) is 9.85. The minimum absolute atomic E-state index is 0.0660. The fraction of sp³-hybridized carbons (Fsp3) is 0.300. The van der Waals surface area contributed by atoms with E-state index in [1.54, 1.807) is 18.2 Å². The molecule has 3 aliphatic carbocycles. The second-order valence-electron chi connectivity index (χ2n) is 10.9. The largest absolute Gasteiger partial charge is 0.508 e. The molecule has 1 saturated carbocycles. The van der Waals surface area contributed by atoms with Crippen LogP contribution in [0.4, 0.5) is 13.2 Å². The lowest BCUT2D eigenvalue weighted by atomic mass is 9.57. The van der Waals surface area contributed by atoms with Gasteiger partial charge in [-0.25, -0.2) is 0 Å². The Balaban J connectivity index is 1.61. The number of nitrogens with zero attached hydrogens (tertiary/aromatic N) is 1. The van der Waals surface area contributed by atoms with E-state index in [-0.39, 0.29) is 29.7 Å². The normalized spacial score (nSPS) is 26.0. The van der Waals surface area contributed by atoms with Crippen LogP contribution in [0.15, 0.2) is 53.3 Å². The summed E-state index contributed by atoms with van der Waals surface area (Å²) in [6.07, 6.45) is -1.31. The molecule has 9 nitrogen and oxygen atoms in total. The van der Waals surface area contributed by atoms with Gasteiger partial charge in [0.05, 0.1) is 17.2 Å². The molecule has 0 heterocycles. The van der Waals surface area contributed by atoms with Crippen molar-refractivity contribution in [2.45, 2.75) is 30.7 Å². The van der Waals surface area contributed by atoms with E-state index < -0.39 is 69.8 Å². The number of carbonyl (C=O) groups is 3. The number of amides is 1. The average Bonchev–Trinajstić information content (AvgIpc) is 2.89. The van der Waals surface area contributed by atoms with E-state index in [0.717, 1.165) is 12.1 Å². The number of halogens is 3. The Labute approximate surface area is 237 Å². The van der Waals surface area contributed by atoms with Gasteiger partial charge in [-0.05, 0) is 67.7 Å². The Kier molecular flexibility index (Phi) is 6.82. The first-order valence-corrected chi connectivity index (χ1v) is 12.9. The Morgan fingerprint density at radius 3 is 2.26 bits per heavy atom. The first-order valence-electron chi connectivity index (χ1n) is 12.9. The Hall–Kier alpha value is -4.42. The third-order valence-electron chi connectivity index (χ3n) is 8.33. The smallest absolute Gasteiger partial charge is 0.416 e. The molecule has 2 aromatic carbocycles. The number of nitrogens with two attached hydrogens (primary N) is 1. The van der Waals surface area contributed by atoms with Crippen molar-refractivity contribution >= 4 is 35.4 Å². The lowest BCUT2D eigenvalue weighted by molar-refractivity contribution is -0.153. The predicted octanol–water partition coefficient (Wildman–Crippen LogP) is 3.15. The van der Waals surface area contributed by atoms with Crippen LogP contribution in [0.1, 0.15) is 34.2 Å². The number of benzene rings is 2. The van der Waals surface area contributed by atoms with Gasteiger partial charge in [0.1, 0.15) is 22.8 Å². The molecule has 1 fully saturated rings. The summed E-state index contributed by atoms with van der Waals surface area (Å²) in [5.74, 6) is -7.42. The molecule has 4 atom stereocenters. The third kappa shape index (κ3) is 4.29. The topological polar surface area (TPSA) is 161 Å². The number of likely N-dealkylation sites (N-methyl/N-ethyl adjacent to an activating group) is 1. The summed E-state index contributed by atoms with van der Waals surface area (Å²) in [5, 5.41) is 44.5. The summed E-state index contributed by atoms with van der Waals surface area (Å²) >= 11 is 0. The fourth-order valence-electron chi connectivity index (χ4n) is 6.39. The summed E-state index contributed by atoms with van der Waals surface area (Å²) in [5.41, 5.74) is 1.93. The van der Waals surface area contributed by atoms with Crippen LogP contribution in [0.25, 0.3) is 17.9 Å². The number of aliphatic hydroxyl groups excluding tert-OH is 2. The van der Waals surface area contributed by atoms with Gasteiger partial charge in [0.2, 0.25) is 5.78 Å². The van der Waals surface area contributed by atoms with Gasteiger partial charge in [-0.1, -0.05) is 30.4 Å². The molecule has 0 aromatic heterocycles. The molecule has 0 saturated heterocycles. The maximum absolute atomic E-state index is 13.9. The standard InChI is InChI=1S/C30H27F3N2O7/c1-35(2)23-18-12-15-11-17-14(6-3-13-4-8-16(9-5-13)30(31,32)33)7-10-19(36)21(17)24(37)20(15)26(39)29(18,42)27(40)22(25(23)38)28(34)41/h3-10,15,18,23,36-37,40,42H,11-12H2,1-2H3,(H2,34,41)/b6-3+. The predicted molar refractivity (Wildman–Crippen MR) is 145 cm³/mol. The van der Waals surface area contributed by atoms with E-state index in [1.807, 2.05) is 0 Å². The molecule has 220 valence electrons. The number of primary amides is 1. The summed E-state index contributed by atoms with van der Waals surface area (Å²) < 4.78 is 38.8. The SMILES string of the molecule is CN(C)C1C(=O)C(C(N)=O)=C(O)C2(O)C(=O)C3=C(O)c4c(O)ccc(/C=C/c5ccc(C(F)(F)F)cc5)c4CC3CC12. The summed E-state index contributed by atoms with van der Waals surface area (Å²) in [6, 6.07) is 6.11. The molecule has 0 aliphatic heterocycles. The number of ketones is 2. The number of aromatic hydroxyl groups is 1. The van der Waals surface area contributed by atoms with Crippen molar-refractivity contribution in [1.82, 2.24) is 4.90 Å². The number of phenols is 1. The van der Waals surface area contributed by atoms with Gasteiger partial charge in [-0.15, -0.1) is 0 Å². The molecular weight excluding hydrogens is 557 g/mol. The summed E-state index contributed by atoms with van der Waals surface area (Å²) in [6.45, 7) is 0. The Morgan fingerprint density at radius 1 is 1.05 bits per heavy atom. The number of alkyl halides is 3. The molecule has 6 N–H and O–H groups in total. The number of rotatable bonds is 4. The number of fused-ring (bicyclic) bond motifs is 3. The van der Waals surface area contributed by atoms with Crippen LogP contribution in [-0.4, -0.2) is 68.5 Å². The lowest BCUT2D eigenvalue weighted by Crippen LogP contribution is -2.65. The van der Waals surface area contributed by atoms with E-state index >= 15 is 0 Å². The van der Waals surface area contributed by atoms with Crippen LogP contribution in [0.2, 0.25) is 0 Å². The van der Waals surface area contributed by atoms with E-state index in [9.17, 15) is 48.0 Å². The lowest BCUT2D eigenvalue weighted by Gasteiger charge is -2.50. The van der Waals surface area contributed by atoms with Crippen LogP contribution in [-0.2, 0) is 27.0 Å². The first-order chi connectivity index (χ1) is 19.6. The van der Waals surface area contributed by atoms with E-state index in [1.165, 1.54) is 37.2 Å². The first kappa shape index (κ1) is 29.1. The Morgan fingerprint density at radius 2 is 1.69 bits per heavy atom. The van der Waals surface area contributed by atoms with Gasteiger partial charge in [0, 0.05) is 11.5 Å². The highest BCUT2D eigenvalue weighted by molar-refractivity contribution is 6.24. The second-order valence-corrected chi connectivity index (χ2v) is 10.9. The van der Waals surface area contributed by atoms with Crippen molar-refractivity contribution in [3.8, 4) is 5.75 Å². The van der Waals surface area contributed by atoms with Gasteiger partial charge < -0.3 is 26.2 Å². The summed E-state index contributed by atoms with van der Waals surface area (Å²) in [7, 11) is 3.02. The van der Waals surface area contributed by atoms with Crippen molar-refractivity contribution in [2.75, 3.05) is 14.1 Å². The minimum atomic E-state index is -4.48. The van der Waals surface area contributed by atoms with Crippen LogP contribution in [0.5, 0.6) is 5.75 Å². The molecule has 4 unspecified atom stereocenters. The van der Waals surface area contributed by atoms with Crippen molar-refractivity contribution in [3.63, 3.8) is 0 Å². The fourth-order valence-corrected chi connectivity index (χ4v) is 6.39. The van der Waals surface area contributed by atoms with Crippen LogP contribution in [0, 0.1) is 11.8 Å². The van der Waals surface area contributed by atoms with Gasteiger partial charge in [-0.2, -0.15) is 13.2 Å². The number of Topliss-reactive ketones (excluding diaryl/α,β-unsaturated/α-hetero) is 2. The number of carbonyl (C=O) groups excluding carboxylic acids is 3. The number of hydrogen-bond acceptors (Lipinski definition) is 8. The maximum Gasteiger partial charge on any atom is 0.416 e. The van der Waals surface area contributed by atoms with E-state index in [4.69, 9.17) is 5.73 Å². The minimum Gasteiger partial charge on any atom is -0.508 e. The zero-order valence-corrected chi connectivity index (χ0v) is 22.4. The van der Waals surface area contributed by atoms with Crippen molar-refractivity contribution in [2.24, 2.45) is 17.6 Å². The highest BCUT2D eigenvalue weighted by atomic mass is 19.4. The van der Waals surface area contributed by atoms with E-state index in [2.05, 4.69) is 0 Å². The zero-order chi connectivity index (χ0) is 30.9. The van der Waals surface area contributed by atoms with E-state index in [0.29, 0.717) is 16.7 Å². The highest BCUT2D eigenvalue weighted by Crippen LogP contribution is 2.53. The summed E-state index contributed by atoms with van der Waals surface area (Å²) in [4.78, 5) is 40.6. The van der Waals surface area contributed by atoms with Crippen molar-refractivity contribution in [3.05, 3.63) is 81.1 Å². The monoisotopic (exact) mass is 584 g/mol. The van der Waals surface area contributed by atoms with Crippen LogP contribution >= 0.6 is 0 Å². The maximum atomic E-state index is 13.9. The van der Waals surface area contributed by atoms with Crippen LogP contribution < -0.4 is 5.73 Å². The molecule has 42 heavy (non-hydrogen) atoms. The molecular formula is C30H27F3N2O7. The highest BCUT2D eigenvalue weighted by Gasteiger charge is 2.64. The number of hydrogen-bond donors (Lipinski definition) is 5. The van der Waals surface area contributed by atoms with Crippen LogP contribution in [0.3, 0.4) is 0 Å². The quantitative estimate of drug-likeness (QED) is 0.271. The molecule has 5 rings (SSSR count). The molecule has 0 bridgehead atoms. The number of phenolic OH excluding ortho intramolecular Hbond substituents is 1. The van der Waals surface area contributed by atoms with Gasteiger partial charge in [0.25, 0.3) is 5.91 Å². The molecule has 3 aliphatic rings. The van der Waals surface area contributed by atoms with Crippen molar-refractivity contribution < 1.29 is 48.0 Å². The zero-order valence-electron chi connectivity index (χ0n) is 22.4. The van der Waals surface area contributed by atoms with Gasteiger partial charge in [-0.3, -0.25) is 19.3 Å². The molecule has 2 aromatic rings. The molecule has 0 spiro atoms. The Bertz CT molecular complexity index is 1620. The molecule has 1 amide bonds. The van der Waals surface area contributed by atoms with Gasteiger partial charge in [0.15, 0.2) is 11.4 Å². The van der Waals surface area contributed by atoms with Gasteiger partial charge >= 0.3 is 6.18 Å². The average molecular weight is 585 g/mol. The van der Waals surface area contributed by atoms with Crippen molar-refractivity contribution in [1.29, 1.82) is 0 Å². The molecule has 12 heteroatoms.